The molecular formula is C30H40F3N5O5. The second-order valence-electron chi connectivity index (χ2n) is 14.6. The van der Waals surface area contributed by atoms with Crippen LogP contribution in [-0.2, 0) is 19.2 Å². The summed E-state index contributed by atoms with van der Waals surface area (Å²) >= 11 is 0. The first-order valence-electron chi connectivity index (χ1n) is 15.5. The van der Waals surface area contributed by atoms with Gasteiger partial charge in [-0.25, -0.2) is 0 Å². The number of carbonyl (C=O) groups excluding carboxylic acids is 4. The number of alkyl halides is 3. The minimum absolute atomic E-state index is 0.0588. The Hall–Kier alpha value is -2.88. The number of nitrogens with one attached hydrogen (secondary N) is 3. The monoisotopic (exact) mass is 607 g/mol. The van der Waals surface area contributed by atoms with Crippen molar-refractivity contribution >= 4 is 23.6 Å². The molecule has 2 aliphatic heterocycles. The summed E-state index contributed by atoms with van der Waals surface area (Å²) in [6.45, 7) is 4.56. The number of amides is 4. The van der Waals surface area contributed by atoms with Gasteiger partial charge in [-0.05, 0) is 85.9 Å². The minimum Gasteiger partial charge on any atom is -0.390 e. The Kier molecular flexibility index (Phi) is 7.26. The van der Waals surface area contributed by atoms with Crippen molar-refractivity contribution in [1.82, 2.24) is 20.9 Å². The summed E-state index contributed by atoms with van der Waals surface area (Å²) in [6.07, 6.45) is -1.00. The predicted molar refractivity (Wildman–Crippen MR) is 144 cm³/mol. The molecule has 5 unspecified atom stereocenters. The average molecular weight is 608 g/mol. The zero-order valence-electron chi connectivity index (χ0n) is 24.5. The fourth-order valence-corrected chi connectivity index (χ4v) is 9.72. The number of piperidine rings is 1. The van der Waals surface area contributed by atoms with E-state index in [1.165, 1.54) is 4.90 Å². The van der Waals surface area contributed by atoms with Gasteiger partial charge in [-0.2, -0.15) is 18.4 Å². The molecule has 4 aliphatic carbocycles. The fraction of sp³-hybridized carbons (Fsp3) is 0.833. The molecule has 4 N–H and O–H groups in total. The van der Waals surface area contributed by atoms with E-state index in [2.05, 4.69) is 10.6 Å². The van der Waals surface area contributed by atoms with Crippen molar-refractivity contribution in [2.75, 3.05) is 13.1 Å². The van der Waals surface area contributed by atoms with Crippen LogP contribution >= 0.6 is 0 Å². The second-order valence-corrected chi connectivity index (χ2v) is 14.6. The molecule has 2 heterocycles. The van der Waals surface area contributed by atoms with Crippen LogP contribution < -0.4 is 16.0 Å². The van der Waals surface area contributed by atoms with E-state index >= 15 is 0 Å². The Labute approximate surface area is 248 Å². The molecule has 6 rings (SSSR count). The van der Waals surface area contributed by atoms with Crippen molar-refractivity contribution < 1.29 is 37.5 Å². The Balaban J connectivity index is 1.27. The van der Waals surface area contributed by atoms with E-state index in [4.69, 9.17) is 0 Å². The topological polar surface area (TPSA) is 152 Å². The molecule has 6 aliphatic rings. The highest BCUT2D eigenvalue weighted by Gasteiger charge is 2.70. The van der Waals surface area contributed by atoms with Crippen molar-refractivity contribution in [2.45, 2.75) is 95.1 Å². The molecular weight excluding hydrogens is 567 g/mol. The molecule has 11 atom stereocenters. The fourth-order valence-electron chi connectivity index (χ4n) is 9.72. The zero-order chi connectivity index (χ0) is 31.1. The summed E-state index contributed by atoms with van der Waals surface area (Å²) in [6, 6.07) is -1.53. The second kappa shape index (κ2) is 10.3. The number of hydrogen-bond donors (Lipinski definition) is 4. The predicted octanol–water partition coefficient (Wildman–Crippen LogP) is 1.63. The summed E-state index contributed by atoms with van der Waals surface area (Å²) < 4.78 is 40.7. The maximum atomic E-state index is 14.3. The molecule has 0 spiro atoms. The normalized spacial score (nSPS) is 40.1. The zero-order valence-corrected chi connectivity index (χ0v) is 24.5. The molecule has 4 saturated carbocycles. The molecule has 0 radical (unpaired) electrons. The van der Waals surface area contributed by atoms with Crippen molar-refractivity contribution in [2.24, 2.45) is 46.8 Å². The summed E-state index contributed by atoms with van der Waals surface area (Å²) in [5.74, 6) is -4.92. The quantitative estimate of drug-likeness (QED) is 0.345. The number of aliphatic hydroxyl groups is 1. The number of hydrogen-bond acceptors (Lipinski definition) is 6. The SMILES string of the molecule is CC1(C)[C@@H]2[C@@H](C(=O)N[C@H](C#N)C[C@@H]3CCNC3=O)N(C(=O)[C@H](NC(=O)C(F)(F)F)C3CC4(O)CC5CCC3C(C5)C4)C[C@@H]21. The number of likely N-dealkylation sites (tertiary alicyclic amines) is 1. The number of fused-ring (bicyclic) bond motifs is 3. The maximum Gasteiger partial charge on any atom is 0.471 e. The van der Waals surface area contributed by atoms with E-state index < -0.39 is 59.5 Å². The van der Waals surface area contributed by atoms with Crippen molar-refractivity contribution in [1.29, 1.82) is 5.26 Å². The van der Waals surface area contributed by atoms with Gasteiger partial charge in [0.1, 0.15) is 18.1 Å². The third-order valence-electron chi connectivity index (χ3n) is 11.8. The van der Waals surface area contributed by atoms with E-state index in [-0.39, 0.29) is 54.4 Å². The number of halogens is 3. The summed E-state index contributed by atoms with van der Waals surface area (Å²) in [4.78, 5) is 53.8. The van der Waals surface area contributed by atoms with Gasteiger partial charge in [0, 0.05) is 19.0 Å². The highest BCUT2D eigenvalue weighted by atomic mass is 19.4. The largest absolute Gasteiger partial charge is 0.471 e. The lowest BCUT2D eigenvalue weighted by molar-refractivity contribution is -0.179. The molecule has 2 saturated heterocycles. The third-order valence-corrected chi connectivity index (χ3v) is 11.8. The van der Waals surface area contributed by atoms with Gasteiger partial charge in [0.05, 0.1) is 11.7 Å². The highest BCUT2D eigenvalue weighted by molar-refractivity contribution is 5.94. The lowest BCUT2D eigenvalue weighted by Crippen LogP contribution is -2.64. The van der Waals surface area contributed by atoms with Gasteiger partial charge in [-0.3, -0.25) is 19.2 Å². The number of rotatable bonds is 7. The molecule has 6 fully saturated rings. The Morgan fingerprint density at radius 1 is 1.16 bits per heavy atom. The van der Waals surface area contributed by atoms with E-state index in [1.54, 1.807) is 0 Å². The summed E-state index contributed by atoms with van der Waals surface area (Å²) in [5.41, 5.74) is -1.40. The highest BCUT2D eigenvalue weighted by Crippen LogP contribution is 2.65. The Morgan fingerprint density at radius 3 is 2.56 bits per heavy atom. The van der Waals surface area contributed by atoms with Gasteiger partial charge >= 0.3 is 12.1 Å². The molecule has 13 heteroatoms. The minimum atomic E-state index is -5.21. The molecule has 4 amide bonds. The van der Waals surface area contributed by atoms with E-state index in [0.717, 1.165) is 12.8 Å². The summed E-state index contributed by atoms with van der Waals surface area (Å²) in [7, 11) is 0. The van der Waals surface area contributed by atoms with Crippen LogP contribution in [0.2, 0.25) is 0 Å². The van der Waals surface area contributed by atoms with Crippen molar-refractivity contribution in [3.05, 3.63) is 0 Å². The maximum absolute atomic E-state index is 14.3. The molecule has 0 aromatic heterocycles. The van der Waals surface area contributed by atoms with Gasteiger partial charge in [0.2, 0.25) is 17.7 Å². The van der Waals surface area contributed by atoms with Crippen LogP contribution in [0.15, 0.2) is 0 Å². The van der Waals surface area contributed by atoms with Crippen LogP contribution in [0.4, 0.5) is 13.2 Å². The number of carbonyl (C=O) groups is 4. The van der Waals surface area contributed by atoms with E-state index in [0.29, 0.717) is 38.1 Å². The van der Waals surface area contributed by atoms with Gasteiger partial charge < -0.3 is 26.0 Å². The van der Waals surface area contributed by atoms with E-state index in [9.17, 15) is 42.7 Å². The number of nitriles is 1. The summed E-state index contributed by atoms with van der Waals surface area (Å²) in [5, 5.41) is 28.6. The van der Waals surface area contributed by atoms with Crippen LogP contribution in [0.1, 0.15) is 65.2 Å². The van der Waals surface area contributed by atoms with Crippen LogP contribution in [-0.4, -0.2) is 76.6 Å². The third kappa shape index (κ3) is 5.27. The van der Waals surface area contributed by atoms with Crippen LogP contribution in [0.5, 0.6) is 0 Å². The Bertz CT molecular complexity index is 1250. The molecule has 0 aromatic rings. The standard InChI is InChI=1S/C30H40F3N5O5/c1-28(2)20-13-38(23(21(20)28)25(40)36-17(12-34)8-15-5-6-35-24(15)39)26(41)22(37-27(42)30(31,32)33)19-11-29(43)9-14-3-4-18(19)16(7-14)10-29/h14-23,43H,3-11,13H2,1-2H3,(H,35,39)(H,36,40)(H,37,42)/t14?,15-,16?,17-,18?,19?,20-,21-,22+,23-,29?/m0/s1. The molecule has 3 bridgehead atoms. The average Bonchev–Trinajstić information content (AvgIpc) is 3.25. The molecule has 10 nitrogen and oxygen atoms in total. The molecule has 0 aromatic carbocycles. The van der Waals surface area contributed by atoms with Crippen LogP contribution in [0.25, 0.3) is 0 Å². The lowest BCUT2D eigenvalue weighted by atomic mass is 9.51. The first-order valence-corrected chi connectivity index (χ1v) is 15.5. The molecule has 43 heavy (non-hydrogen) atoms. The smallest absolute Gasteiger partial charge is 0.390 e. The van der Waals surface area contributed by atoms with Crippen molar-refractivity contribution in [3.63, 3.8) is 0 Å². The first kappa shape index (κ1) is 30.2. The van der Waals surface area contributed by atoms with Gasteiger partial charge in [-0.15, -0.1) is 0 Å². The number of nitrogens with zero attached hydrogens (tertiary/aromatic N) is 2. The van der Waals surface area contributed by atoms with E-state index in [1.807, 2.05) is 25.2 Å². The van der Waals surface area contributed by atoms with Gasteiger partial charge in [-0.1, -0.05) is 20.3 Å². The Morgan fingerprint density at radius 2 is 1.91 bits per heavy atom. The van der Waals surface area contributed by atoms with Crippen LogP contribution in [0, 0.1) is 58.2 Å². The first-order chi connectivity index (χ1) is 20.1. The van der Waals surface area contributed by atoms with Crippen LogP contribution in [0.3, 0.4) is 0 Å². The van der Waals surface area contributed by atoms with Crippen molar-refractivity contribution in [3.8, 4) is 6.07 Å². The molecule has 236 valence electrons. The van der Waals surface area contributed by atoms with Gasteiger partial charge in [0.15, 0.2) is 0 Å². The lowest BCUT2D eigenvalue weighted by Gasteiger charge is -2.57. The van der Waals surface area contributed by atoms with Gasteiger partial charge in [0.25, 0.3) is 0 Å².